The van der Waals surface area contributed by atoms with Gasteiger partial charge in [0.05, 0.1) is 31.5 Å². The smallest absolute Gasteiger partial charge is 0.325 e. The molecule has 2 aromatic carbocycles. The van der Waals surface area contributed by atoms with Gasteiger partial charge in [0.25, 0.3) is 11.8 Å². The van der Waals surface area contributed by atoms with Gasteiger partial charge in [0.15, 0.2) is 23.2 Å². The van der Waals surface area contributed by atoms with Gasteiger partial charge >= 0.3 is 5.97 Å². The van der Waals surface area contributed by atoms with Gasteiger partial charge in [-0.15, -0.1) is 0 Å². The van der Waals surface area contributed by atoms with Crippen molar-refractivity contribution in [2.24, 2.45) is 0 Å². The molecule has 0 fully saturated rings. The summed E-state index contributed by atoms with van der Waals surface area (Å²) >= 11 is 1.38. The van der Waals surface area contributed by atoms with Crippen molar-refractivity contribution >= 4 is 44.5 Å². The summed E-state index contributed by atoms with van der Waals surface area (Å²) in [5.41, 5.74) is 0.992. The fraction of sp³-hybridized carbons (Fsp3) is 0.304. The van der Waals surface area contributed by atoms with Crippen molar-refractivity contribution in [1.82, 2.24) is 10.3 Å². The zero-order valence-electron chi connectivity index (χ0n) is 19.2. The minimum Gasteiger partial charge on any atom is -0.493 e. The van der Waals surface area contributed by atoms with Crippen LogP contribution in [0.15, 0.2) is 36.4 Å². The molecule has 0 unspecified atom stereocenters. The van der Waals surface area contributed by atoms with Gasteiger partial charge in [-0.25, -0.2) is 4.98 Å². The number of thiazole rings is 1. The van der Waals surface area contributed by atoms with Crippen LogP contribution in [-0.2, 0) is 14.3 Å². The number of carbonyl (C=O) groups is 3. The first-order chi connectivity index (χ1) is 16.4. The van der Waals surface area contributed by atoms with Crippen LogP contribution in [0.1, 0.15) is 17.3 Å². The number of fused-ring (bicyclic) bond motifs is 1. The Balaban J connectivity index is 1.56. The summed E-state index contributed by atoms with van der Waals surface area (Å²) in [6, 6.07) is 10.5. The summed E-state index contributed by atoms with van der Waals surface area (Å²) in [4.78, 5) is 43.1. The SMILES string of the molecule is CCN(C(=O)COC(=O)CNC(=O)c1cc(OC)c(OC)c(OC)c1)c1nc2ccccc2s1. The highest BCUT2D eigenvalue weighted by atomic mass is 32.1. The molecule has 1 aromatic heterocycles. The zero-order valence-corrected chi connectivity index (χ0v) is 20.1. The van der Waals surface area contributed by atoms with E-state index in [2.05, 4.69) is 10.3 Å². The summed E-state index contributed by atoms with van der Waals surface area (Å²) in [7, 11) is 4.32. The normalized spacial score (nSPS) is 10.5. The largest absolute Gasteiger partial charge is 0.493 e. The van der Waals surface area contributed by atoms with E-state index in [1.165, 1.54) is 49.7 Å². The molecule has 0 aliphatic rings. The van der Waals surface area contributed by atoms with Crippen molar-refractivity contribution < 1.29 is 33.3 Å². The number of benzene rings is 2. The molecular formula is C23H25N3O7S. The molecule has 34 heavy (non-hydrogen) atoms. The van der Waals surface area contributed by atoms with E-state index in [0.29, 0.717) is 28.9 Å². The Morgan fingerprint density at radius 2 is 1.71 bits per heavy atom. The van der Waals surface area contributed by atoms with Crippen molar-refractivity contribution in [2.45, 2.75) is 6.92 Å². The van der Waals surface area contributed by atoms with Gasteiger partial charge < -0.3 is 24.3 Å². The molecular weight excluding hydrogens is 462 g/mol. The molecule has 11 heteroatoms. The van der Waals surface area contributed by atoms with E-state index in [4.69, 9.17) is 18.9 Å². The van der Waals surface area contributed by atoms with Gasteiger partial charge in [-0.1, -0.05) is 23.5 Å². The predicted octanol–water partition coefficient (Wildman–Crippen LogP) is 2.65. The Hall–Kier alpha value is -3.86. The third-order valence-electron chi connectivity index (χ3n) is 4.81. The van der Waals surface area contributed by atoms with E-state index < -0.39 is 30.9 Å². The lowest BCUT2D eigenvalue weighted by Crippen LogP contribution is -2.36. The second-order valence-electron chi connectivity index (χ2n) is 6.86. The summed E-state index contributed by atoms with van der Waals surface area (Å²) < 4.78 is 21.7. The number of esters is 1. The van der Waals surface area contributed by atoms with Crippen LogP contribution < -0.4 is 24.4 Å². The molecule has 1 heterocycles. The molecule has 0 radical (unpaired) electrons. The van der Waals surface area contributed by atoms with Gasteiger partial charge in [0.2, 0.25) is 5.75 Å². The molecule has 0 aliphatic carbocycles. The van der Waals surface area contributed by atoms with Gasteiger partial charge in [0, 0.05) is 12.1 Å². The van der Waals surface area contributed by atoms with Crippen LogP contribution in [0.5, 0.6) is 17.2 Å². The lowest BCUT2D eigenvalue weighted by Gasteiger charge is -2.17. The molecule has 0 atom stereocenters. The van der Waals surface area contributed by atoms with Crippen LogP contribution in [0.4, 0.5) is 5.13 Å². The topological polar surface area (TPSA) is 116 Å². The van der Waals surface area contributed by atoms with E-state index in [1.807, 2.05) is 31.2 Å². The minimum atomic E-state index is -0.755. The Morgan fingerprint density at radius 1 is 1.03 bits per heavy atom. The molecule has 0 spiro atoms. The summed E-state index contributed by atoms with van der Waals surface area (Å²) in [5, 5.41) is 2.98. The fourth-order valence-electron chi connectivity index (χ4n) is 3.13. The average Bonchev–Trinajstić information content (AvgIpc) is 3.29. The van der Waals surface area contributed by atoms with Crippen LogP contribution >= 0.6 is 11.3 Å². The molecule has 180 valence electrons. The third kappa shape index (κ3) is 5.54. The molecule has 1 N–H and O–H groups in total. The van der Waals surface area contributed by atoms with Crippen molar-refractivity contribution in [3.05, 3.63) is 42.0 Å². The molecule has 3 aromatic rings. The highest BCUT2D eigenvalue weighted by molar-refractivity contribution is 7.22. The Morgan fingerprint density at radius 3 is 2.29 bits per heavy atom. The molecule has 3 rings (SSSR count). The van der Waals surface area contributed by atoms with Crippen LogP contribution in [0.3, 0.4) is 0 Å². The maximum atomic E-state index is 12.6. The highest BCUT2D eigenvalue weighted by Gasteiger charge is 2.21. The standard InChI is InChI=1S/C23H25N3O7S/c1-5-26(23-25-15-8-6-7-9-18(15)34-23)19(27)13-33-20(28)12-24-22(29)14-10-16(30-2)21(32-4)17(11-14)31-3/h6-11H,5,12-13H2,1-4H3,(H,24,29). The number of nitrogens with one attached hydrogen (secondary N) is 1. The maximum Gasteiger partial charge on any atom is 0.325 e. The van der Waals surface area contributed by atoms with E-state index in [9.17, 15) is 14.4 Å². The Bertz CT molecular complexity index is 1140. The van der Waals surface area contributed by atoms with Gasteiger partial charge in [-0.3, -0.25) is 19.3 Å². The summed E-state index contributed by atoms with van der Waals surface area (Å²) in [5.74, 6) is -0.773. The first kappa shape index (κ1) is 24.8. The van der Waals surface area contributed by atoms with Gasteiger partial charge in [-0.2, -0.15) is 0 Å². The van der Waals surface area contributed by atoms with Crippen molar-refractivity contribution in [3.63, 3.8) is 0 Å². The van der Waals surface area contributed by atoms with Crippen LogP contribution in [0, 0.1) is 0 Å². The number of carbonyl (C=O) groups excluding carboxylic acids is 3. The zero-order chi connectivity index (χ0) is 24.7. The second kappa shape index (κ2) is 11.3. The fourth-order valence-corrected chi connectivity index (χ4v) is 4.18. The number of likely N-dealkylation sites (N-methyl/N-ethyl adjacent to an activating group) is 1. The molecule has 10 nitrogen and oxygen atoms in total. The predicted molar refractivity (Wildman–Crippen MR) is 127 cm³/mol. The van der Waals surface area contributed by atoms with E-state index >= 15 is 0 Å². The number of nitrogens with zero attached hydrogens (tertiary/aromatic N) is 2. The van der Waals surface area contributed by atoms with Gasteiger partial charge in [-0.05, 0) is 31.2 Å². The van der Waals surface area contributed by atoms with Crippen LogP contribution in [-0.4, -0.2) is 63.8 Å². The molecule has 0 bridgehead atoms. The average molecular weight is 488 g/mol. The number of anilines is 1. The summed E-state index contributed by atoms with van der Waals surface area (Å²) in [6.07, 6.45) is 0. The van der Waals surface area contributed by atoms with Crippen molar-refractivity contribution in [2.75, 3.05) is 45.9 Å². The lowest BCUT2D eigenvalue weighted by atomic mass is 10.1. The summed E-state index contributed by atoms with van der Waals surface area (Å²) in [6.45, 7) is 1.29. The Kier molecular flexibility index (Phi) is 8.25. The first-order valence-corrected chi connectivity index (χ1v) is 11.1. The minimum absolute atomic E-state index is 0.200. The van der Waals surface area contributed by atoms with E-state index in [-0.39, 0.29) is 5.56 Å². The highest BCUT2D eigenvalue weighted by Crippen LogP contribution is 2.38. The van der Waals surface area contributed by atoms with Crippen LogP contribution in [0.25, 0.3) is 10.2 Å². The van der Waals surface area contributed by atoms with Crippen molar-refractivity contribution in [3.8, 4) is 17.2 Å². The number of amides is 2. The lowest BCUT2D eigenvalue weighted by molar-refractivity contribution is -0.146. The van der Waals surface area contributed by atoms with Crippen molar-refractivity contribution in [1.29, 1.82) is 0 Å². The van der Waals surface area contributed by atoms with Crippen LogP contribution in [0.2, 0.25) is 0 Å². The number of ether oxygens (including phenoxy) is 4. The number of aromatic nitrogens is 1. The van der Waals surface area contributed by atoms with E-state index in [1.54, 1.807) is 0 Å². The number of para-hydroxylation sites is 1. The number of hydrogen-bond acceptors (Lipinski definition) is 9. The number of hydrogen-bond donors (Lipinski definition) is 1. The molecule has 0 aliphatic heterocycles. The van der Waals surface area contributed by atoms with E-state index in [0.717, 1.165) is 10.2 Å². The second-order valence-corrected chi connectivity index (χ2v) is 7.87. The molecule has 2 amide bonds. The maximum absolute atomic E-state index is 12.6. The van der Waals surface area contributed by atoms with Gasteiger partial charge in [0.1, 0.15) is 6.54 Å². The monoisotopic (exact) mass is 487 g/mol. The molecule has 0 saturated heterocycles. The first-order valence-electron chi connectivity index (χ1n) is 10.3. The number of methoxy groups -OCH3 is 3. The molecule has 0 saturated carbocycles. The Labute approximate surface area is 200 Å². The quantitative estimate of drug-likeness (QED) is 0.434. The number of rotatable bonds is 10. The third-order valence-corrected chi connectivity index (χ3v) is 5.87.